The second-order valence-corrected chi connectivity index (χ2v) is 2.70. The number of carbonyl (C=O) groups excluding carboxylic acids is 1. The fourth-order valence-corrected chi connectivity index (χ4v) is 1.90. The van der Waals surface area contributed by atoms with Crippen molar-refractivity contribution in [2.75, 3.05) is 10.7 Å². The maximum Gasteiger partial charge on any atom is 0.222 e. The Morgan fingerprint density at radius 1 is 1.50 bits per heavy atom. The maximum atomic E-state index is 10.3. The number of amides is 1. The monoisotopic (exact) mass is 243 g/mol. The number of halogens is 2. The summed E-state index contributed by atoms with van der Waals surface area (Å²) in [5.74, 6) is -0.339. The topological polar surface area (TPSA) is 43.1 Å². The van der Waals surface area contributed by atoms with E-state index in [1.165, 1.54) is 0 Å². The van der Waals surface area contributed by atoms with Crippen LogP contribution in [0.25, 0.3) is 0 Å². The minimum absolute atomic E-state index is 0.0741. The third kappa shape index (κ3) is 2.67. The van der Waals surface area contributed by atoms with Gasteiger partial charge < -0.3 is 5.73 Å². The summed E-state index contributed by atoms with van der Waals surface area (Å²) in [6.07, 6.45) is 0. The van der Waals surface area contributed by atoms with Gasteiger partial charge in [-0.05, 0) is 0 Å². The summed E-state index contributed by atoms with van der Waals surface area (Å²) < 4.78 is 0. The van der Waals surface area contributed by atoms with Gasteiger partial charge in [0, 0.05) is 10.7 Å². The molecule has 0 radical (unpaired) electrons. The van der Waals surface area contributed by atoms with Gasteiger partial charge in [0.05, 0.1) is 5.92 Å². The van der Waals surface area contributed by atoms with Gasteiger partial charge in [0.1, 0.15) is 0 Å². The summed E-state index contributed by atoms with van der Waals surface area (Å²) in [7, 11) is 0. The van der Waals surface area contributed by atoms with Crippen LogP contribution >= 0.6 is 31.9 Å². The highest BCUT2D eigenvalue weighted by Gasteiger charge is 2.09. The van der Waals surface area contributed by atoms with Crippen LogP contribution in [0.3, 0.4) is 0 Å². The first kappa shape index (κ1) is 8.43. The summed E-state index contributed by atoms with van der Waals surface area (Å²) in [6.45, 7) is 0. The van der Waals surface area contributed by atoms with Gasteiger partial charge >= 0.3 is 0 Å². The normalized spacial score (nSPS) is 9.88. The Balaban J connectivity index is 3.52. The Morgan fingerprint density at radius 3 is 1.88 bits per heavy atom. The molecule has 0 saturated heterocycles. The highest BCUT2D eigenvalue weighted by Crippen LogP contribution is 2.03. The number of hydrogen-bond donors (Lipinski definition) is 1. The molecule has 1 amide bonds. The lowest BCUT2D eigenvalue weighted by Gasteiger charge is -2.01. The van der Waals surface area contributed by atoms with Crippen molar-refractivity contribution in [3.63, 3.8) is 0 Å². The molecule has 2 nitrogen and oxygen atoms in total. The molecular formula is C4H7Br2NO. The van der Waals surface area contributed by atoms with Crippen molar-refractivity contribution in [2.24, 2.45) is 11.7 Å². The molecule has 0 aromatic carbocycles. The summed E-state index contributed by atoms with van der Waals surface area (Å²) in [6, 6.07) is 0. The predicted molar refractivity (Wildman–Crippen MR) is 40.3 cm³/mol. The molecule has 0 aliphatic carbocycles. The number of hydrogen-bond acceptors (Lipinski definition) is 1. The van der Waals surface area contributed by atoms with E-state index in [-0.39, 0.29) is 11.8 Å². The zero-order valence-corrected chi connectivity index (χ0v) is 7.41. The van der Waals surface area contributed by atoms with Gasteiger partial charge in [0.2, 0.25) is 5.91 Å². The number of carbonyl (C=O) groups is 1. The van der Waals surface area contributed by atoms with Crippen LogP contribution in [0.1, 0.15) is 0 Å². The largest absolute Gasteiger partial charge is 0.369 e. The fourth-order valence-electron chi connectivity index (χ4n) is 0.193. The molecule has 4 heteroatoms. The quantitative estimate of drug-likeness (QED) is 0.736. The van der Waals surface area contributed by atoms with Crippen LogP contribution in [-0.2, 0) is 4.79 Å². The van der Waals surface area contributed by atoms with Gasteiger partial charge in [0.15, 0.2) is 0 Å². The number of nitrogens with two attached hydrogens (primary N) is 1. The van der Waals surface area contributed by atoms with Crippen LogP contribution in [0.4, 0.5) is 0 Å². The van der Waals surface area contributed by atoms with E-state index < -0.39 is 0 Å². The molecule has 2 N–H and O–H groups in total. The highest BCUT2D eigenvalue weighted by molar-refractivity contribution is 9.09. The van der Waals surface area contributed by atoms with Crippen LogP contribution in [0, 0.1) is 5.92 Å². The molecule has 0 bridgehead atoms. The number of rotatable bonds is 3. The van der Waals surface area contributed by atoms with Crippen LogP contribution in [0.2, 0.25) is 0 Å². The molecule has 0 heterocycles. The maximum absolute atomic E-state index is 10.3. The van der Waals surface area contributed by atoms with Crippen molar-refractivity contribution < 1.29 is 4.79 Å². The van der Waals surface area contributed by atoms with Crippen LogP contribution < -0.4 is 5.73 Å². The molecular weight excluding hydrogens is 238 g/mol. The van der Waals surface area contributed by atoms with E-state index in [2.05, 4.69) is 31.9 Å². The molecule has 8 heavy (non-hydrogen) atoms. The van der Waals surface area contributed by atoms with Crippen molar-refractivity contribution in [1.82, 2.24) is 0 Å². The summed E-state index contributed by atoms with van der Waals surface area (Å²) in [4.78, 5) is 10.3. The van der Waals surface area contributed by atoms with Crippen LogP contribution in [0.15, 0.2) is 0 Å². The van der Waals surface area contributed by atoms with Gasteiger partial charge in [-0.3, -0.25) is 4.79 Å². The Morgan fingerprint density at radius 2 is 1.88 bits per heavy atom. The molecule has 0 aliphatic rings. The Hall–Kier alpha value is 0.430. The van der Waals surface area contributed by atoms with E-state index in [9.17, 15) is 4.79 Å². The minimum Gasteiger partial charge on any atom is -0.369 e. The van der Waals surface area contributed by atoms with Gasteiger partial charge in [-0.1, -0.05) is 31.9 Å². The summed E-state index contributed by atoms with van der Waals surface area (Å²) in [5.41, 5.74) is 4.96. The lowest BCUT2D eigenvalue weighted by atomic mass is 10.2. The Labute approximate surface area is 65.1 Å². The summed E-state index contributed by atoms with van der Waals surface area (Å²) >= 11 is 6.29. The minimum atomic E-state index is -0.265. The molecule has 0 rings (SSSR count). The lowest BCUT2D eigenvalue weighted by Crippen LogP contribution is -2.25. The second-order valence-electron chi connectivity index (χ2n) is 1.41. The van der Waals surface area contributed by atoms with Gasteiger partial charge in [-0.25, -0.2) is 0 Å². The van der Waals surface area contributed by atoms with Crippen LogP contribution in [-0.4, -0.2) is 16.6 Å². The fraction of sp³-hybridized carbons (Fsp3) is 0.750. The van der Waals surface area contributed by atoms with Crippen molar-refractivity contribution >= 4 is 37.8 Å². The van der Waals surface area contributed by atoms with E-state index >= 15 is 0 Å². The van der Waals surface area contributed by atoms with Gasteiger partial charge in [-0.15, -0.1) is 0 Å². The van der Waals surface area contributed by atoms with Gasteiger partial charge in [0.25, 0.3) is 0 Å². The Kier molecular flexibility index (Phi) is 4.56. The molecule has 0 aromatic heterocycles. The molecule has 0 aromatic rings. The molecule has 0 unspecified atom stereocenters. The average Bonchev–Trinajstić information content (AvgIpc) is 1.69. The van der Waals surface area contributed by atoms with Gasteiger partial charge in [-0.2, -0.15) is 0 Å². The molecule has 0 saturated carbocycles. The first-order chi connectivity index (χ1) is 3.72. The summed E-state index contributed by atoms with van der Waals surface area (Å²) in [5, 5.41) is 1.27. The second kappa shape index (κ2) is 4.32. The zero-order valence-electron chi connectivity index (χ0n) is 4.23. The third-order valence-electron chi connectivity index (χ3n) is 0.775. The van der Waals surface area contributed by atoms with E-state index in [1.54, 1.807) is 0 Å². The molecule has 0 spiro atoms. The van der Waals surface area contributed by atoms with E-state index in [0.717, 1.165) is 0 Å². The molecule has 48 valence electrons. The van der Waals surface area contributed by atoms with Crippen molar-refractivity contribution in [3.8, 4) is 0 Å². The first-order valence-electron chi connectivity index (χ1n) is 2.13. The van der Waals surface area contributed by atoms with Crippen LogP contribution in [0.5, 0.6) is 0 Å². The third-order valence-corrected chi connectivity index (χ3v) is 2.34. The molecule has 0 fully saturated rings. The highest BCUT2D eigenvalue weighted by atomic mass is 79.9. The zero-order chi connectivity index (χ0) is 6.57. The SMILES string of the molecule is NC(=O)C(CBr)CBr. The van der Waals surface area contributed by atoms with E-state index in [1.807, 2.05) is 0 Å². The average molecular weight is 245 g/mol. The lowest BCUT2D eigenvalue weighted by molar-refractivity contribution is -0.120. The first-order valence-corrected chi connectivity index (χ1v) is 4.38. The van der Waals surface area contributed by atoms with E-state index in [4.69, 9.17) is 5.73 Å². The van der Waals surface area contributed by atoms with E-state index in [0.29, 0.717) is 10.7 Å². The molecule has 0 aliphatic heterocycles. The van der Waals surface area contributed by atoms with Crippen molar-refractivity contribution in [1.29, 1.82) is 0 Å². The van der Waals surface area contributed by atoms with Crippen molar-refractivity contribution in [3.05, 3.63) is 0 Å². The smallest absolute Gasteiger partial charge is 0.222 e. The number of primary amides is 1. The predicted octanol–water partition coefficient (Wildman–Crippen LogP) is 0.878. The van der Waals surface area contributed by atoms with Crippen molar-refractivity contribution in [2.45, 2.75) is 0 Å². The molecule has 0 atom stereocenters. The number of alkyl halides is 2. The standard InChI is InChI=1S/C4H7Br2NO/c5-1-3(2-6)4(7)8/h3H,1-2H2,(H2,7,8). The Bertz CT molecular complexity index is 82.1.